The molecule has 0 aliphatic carbocycles. The molecular weight excluding hydrogens is 412 g/mol. The van der Waals surface area contributed by atoms with E-state index in [4.69, 9.17) is 4.98 Å². The van der Waals surface area contributed by atoms with E-state index in [1.807, 2.05) is 47.8 Å². The first-order valence-corrected chi connectivity index (χ1v) is 12.5. The Kier molecular flexibility index (Phi) is 5.35. The van der Waals surface area contributed by atoms with E-state index in [0.29, 0.717) is 6.42 Å². The molecule has 3 heterocycles. The molecule has 8 heteroatoms. The molecule has 1 amide bonds. The van der Waals surface area contributed by atoms with Gasteiger partial charge in [0.1, 0.15) is 5.01 Å². The summed E-state index contributed by atoms with van der Waals surface area (Å²) in [5, 5.41) is 2.88. The van der Waals surface area contributed by atoms with Crippen LogP contribution in [0.4, 0.5) is 0 Å². The van der Waals surface area contributed by atoms with Crippen LogP contribution >= 0.6 is 22.7 Å². The van der Waals surface area contributed by atoms with Crippen LogP contribution in [0.3, 0.4) is 0 Å². The Bertz CT molecular complexity index is 1070. The molecule has 1 fully saturated rings. The number of sulfone groups is 1. The van der Waals surface area contributed by atoms with Crippen molar-refractivity contribution in [3.05, 3.63) is 52.7 Å². The number of likely N-dealkylation sites (N-methyl/N-ethyl adjacent to an activating group) is 1. The minimum atomic E-state index is -3.02. The largest absolute Gasteiger partial charge is 0.341 e. The molecule has 146 valence electrons. The van der Waals surface area contributed by atoms with Crippen LogP contribution in [-0.2, 0) is 21.1 Å². The molecule has 1 atom stereocenters. The Morgan fingerprint density at radius 2 is 2.00 bits per heavy atom. The standard InChI is InChI=1S/C20H20N2O3S3/c1-22(15-9-11-28(24,25)13-15)18(23)12-17-19(16-8-5-10-26-16)21-20(27-17)14-6-3-2-4-7-14/h2-8,10,15H,9,11-13H2,1H3/t15-/m0/s1. The van der Waals surface area contributed by atoms with Gasteiger partial charge in [0, 0.05) is 23.5 Å². The van der Waals surface area contributed by atoms with E-state index in [0.717, 1.165) is 26.0 Å². The predicted octanol–water partition coefficient (Wildman–Crippen LogP) is 3.73. The van der Waals surface area contributed by atoms with Gasteiger partial charge in [0.05, 0.1) is 28.5 Å². The third kappa shape index (κ3) is 4.04. The van der Waals surface area contributed by atoms with Crippen molar-refractivity contribution in [2.24, 2.45) is 0 Å². The van der Waals surface area contributed by atoms with E-state index in [-0.39, 0.29) is 29.9 Å². The molecule has 0 radical (unpaired) electrons. The van der Waals surface area contributed by atoms with Gasteiger partial charge in [-0.25, -0.2) is 13.4 Å². The quantitative estimate of drug-likeness (QED) is 0.616. The SMILES string of the molecule is CN(C(=O)Cc1sc(-c2ccccc2)nc1-c1cccs1)[C@H]1CCS(=O)(=O)C1. The van der Waals surface area contributed by atoms with Gasteiger partial charge in [0.2, 0.25) is 5.91 Å². The summed E-state index contributed by atoms with van der Waals surface area (Å²) in [5.41, 5.74) is 1.87. The fourth-order valence-corrected chi connectivity index (χ4v) is 6.98. The fourth-order valence-electron chi connectivity index (χ4n) is 3.33. The van der Waals surface area contributed by atoms with E-state index in [2.05, 4.69) is 0 Å². The highest BCUT2D eigenvalue weighted by molar-refractivity contribution is 7.91. The van der Waals surface area contributed by atoms with Gasteiger partial charge in [-0.1, -0.05) is 36.4 Å². The van der Waals surface area contributed by atoms with Crippen LogP contribution in [0.2, 0.25) is 0 Å². The number of hydrogen-bond acceptors (Lipinski definition) is 6. The Morgan fingerprint density at radius 3 is 2.64 bits per heavy atom. The van der Waals surface area contributed by atoms with E-state index >= 15 is 0 Å². The summed E-state index contributed by atoms with van der Waals surface area (Å²) >= 11 is 3.13. The summed E-state index contributed by atoms with van der Waals surface area (Å²) in [4.78, 5) is 21.3. The van der Waals surface area contributed by atoms with Gasteiger partial charge >= 0.3 is 0 Å². The molecule has 0 spiro atoms. The smallest absolute Gasteiger partial charge is 0.227 e. The molecule has 0 bridgehead atoms. The second kappa shape index (κ2) is 7.77. The normalized spacial score (nSPS) is 18.2. The summed E-state index contributed by atoms with van der Waals surface area (Å²) in [6.45, 7) is 0. The van der Waals surface area contributed by atoms with Crippen molar-refractivity contribution >= 4 is 38.4 Å². The third-order valence-electron chi connectivity index (χ3n) is 4.93. The number of thiazole rings is 1. The van der Waals surface area contributed by atoms with Crippen molar-refractivity contribution in [1.29, 1.82) is 0 Å². The first kappa shape index (κ1) is 19.3. The number of aromatic nitrogens is 1. The molecule has 4 rings (SSSR count). The highest BCUT2D eigenvalue weighted by Gasteiger charge is 2.33. The summed E-state index contributed by atoms with van der Waals surface area (Å²) in [6, 6.07) is 13.7. The maximum Gasteiger partial charge on any atom is 0.227 e. The van der Waals surface area contributed by atoms with Crippen molar-refractivity contribution in [2.45, 2.75) is 18.9 Å². The molecule has 1 saturated heterocycles. The molecule has 0 N–H and O–H groups in total. The van der Waals surface area contributed by atoms with Gasteiger partial charge in [0.15, 0.2) is 9.84 Å². The highest BCUT2D eigenvalue weighted by Crippen LogP contribution is 2.36. The lowest BCUT2D eigenvalue weighted by Gasteiger charge is -2.23. The molecule has 1 aromatic carbocycles. The first-order chi connectivity index (χ1) is 13.4. The molecule has 0 saturated carbocycles. The lowest BCUT2D eigenvalue weighted by Crippen LogP contribution is -2.38. The topological polar surface area (TPSA) is 67.3 Å². The summed E-state index contributed by atoms with van der Waals surface area (Å²) < 4.78 is 23.5. The number of carbonyl (C=O) groups is 1. The molecule has 1 aliphatic rings. The van der Waals surface area contributed by atoms with Crippen LogP contribution in [0.1, 0.15) is 11.3 Å². The van der Waals surface area contributed by atoms with Gasteiger partial charge in [0.25, 0.3) is 0 Å². The molecular formula is C20H20N2O3S3. The number of rotatable bonds is 5. The zero-order valence-electron chi connectivity index (χ0n) is 15.4. The number of nitrogens with zero attached hydrogens (tertiary/aromatic N) is 2. The third-order valence-corrected chi connectivity index (χ3v) is 8.67. The lowest BCUT2D eigenvalue weighted by molar-refractivity contribution is -0.130. The van der Waals surface area contributed by atoms with Crippen LogP contribution in [-0.4, -0.2) is 48.8 Å². The first-order valence-electron chi connectivity index (χ1n) is 8.98. The van der Waals surface area contributed by atoms with E-state index in [1.165, 1.54) is 11.3 Å². The lowest BCUT2D eigenvalue weighted by atomic mass is 10.2. The predicted molar refractivity (Wildman–Crippen MR) is 114 cm³/mol. The zero-order chi connectivity index (χ0) is 19.7. The molecule has 1 aliphatic heterocycles. The van der Waals surface area contributed by atoms with Crippen LogP contribution in [0.5, 0.6) is 0 Å². The number of hydrogen-bond donors (Lipinski definition) is 0. The second-order valence-corrected chi connectivity index (χ2v) is 11.1. The van der Waals surface area contributed by atoms with Gasteiger partial charge in [-0.05, 0) is 17.9 Å². The Hall–Kier alpha value is -2.03. The number of benzene rings is 1. The zero-order valence-corrected chi connectivity index (χ0v) is 17.8. The molecule has 3 aromatic rings. The van der Waals surface area contributed by atoms with E-state index in [9.17, 15) is 13.2 Å². The van der Waals surface area contributed by atoms with Gasteiger partial charge in [-0.3, -0.25) is 4.79 Å². The molecule has 0 unspecified atom stereocenters. The van der Waals surface area contributed by atoms with Gasteiger partial charge in [-0.15, -0.1) is 22.7 Å². The minimum absolute atomic E-state index is 0.0605. The average Bonchev–Trinajstić information content (AvgIpc) is 3.41. The van der Waals surface area contributed by atoms with Crippen molar-refractivity contribution in [3.63, 3.8) is 0 Å². The van der Waals surface area contributed by atoms with Crippen molar-refractivity contribution in [1.82, 2.24) is 9.88 Å². The average molecular weight is 433 g/mol. The fraction of sp³-hybridized carbons (Fsp3) is 0.300. The van der Waals surface area contributed by atoms with E-state index in [1.54, 1.807) is 23.3 Å². The second-order valence-electron chi connectivity index (χ2n) is 6.87. The van der Waals surface area contributed by atoms with Crippen molar-refractivity contribution < 1.29 is 13.2 Å². The number of amides is 1. The van der Waals surface area contributed by atoms with Crippen molar-refractivity contribution in [3.8, 4) is 21.1 Å². The van der Waals surface area contributed by atoms with Gasteiger partial charge < -0.3 is 4.90 Å². The maximum absolute atomic E-state index is 12.9. The van der Waals surface area contributed by atoms with Crippen LogP contribution in [0.25, 0.3) is 21.1 Å². The maximum atomic E-state index is 12.9. The molecule has 5 nitrogen and oxygen atoms in total. The van der Waals surface area contributed by atoms with Crippen LogP contribution < -0.4 is 0 Å². The minimum Gasteiger partial charge on any atom is -0.341 e. The Morgan fingerprint density at radius 1 is 1.21 bits per heavy atom. The van der Waals surface area contributed by atoms with Crippen LogP contribution in [0, 0.1) is 0 Å². The van der Waals surface area contributed by atoms with Crippen molar-refractivity contribution in [2.75, 3.05) is 18.6 Å². The summed E-state index contributed by atoms with van der Waals surface area (Å²) in [5.74, 6) is 0.155. The Balaban J connectivity index is 1.61. The summed E-state index contributed by atoms with van der Waals surface area (Å²) in [7, 11) is -1.32. The monoisotopic (exact) mass is 432 g/mol. The van der Waals surface area contributed by atoms with E-state index < -0.39 is 9.84 Å². The number of carbonyl (C=O) groups excluding carboxylic acids is 1. The summed E-state index contributed by atoms with van der Waals surface area (Å²) in [6.07, 6.45) is 0.741. The molecule has 2 aromatic heterocycles. The Labute approximate surface area is 172 Å². The highest BCUT2D eigenvalue weighted by atomic mass is 32.2. The number of thiophene rings is 1. The van der Waals surface area contributed by atoms with Gasteiger partial charge in [-0.2, -0.15) is 0 Å². The van der Waals surface area contributed by atoms with Crippen LogP contribution in [0.15, 0.2) is 47.8 Å². The molecule has 28 heavy (non-hydrogen) atoms.